The smallest absolute Gasteiger partial charge is 0.294 e. The first-order valence-electron chi connectivity index (χ1n) is 18.0. The summed E-state index contributed by atoms with van der Waals surface area (Å²) >= 11 is 0. The minimum absolute atomic E-state index is 0.0569. The molecule has 0 atom stereocenters. The molecule has 9 nitrogen and oxygen atoms in total. The Balaban J connectivity index is 1.40. The lowest BCUT2D eigenvalue weighted by atomic mass is 10.0. The molecule has 0 aliphatic heterocycles. The van der Waals surface area contributed by atoms with E-state index in [1.807, 2.05) is 67.1 Å². The van der Waals surface area contributed by atoms with Gasteiger partial charge in [0.2, 0.25) is 10.0 Å². The number of fused-ring (bicyclic) bond motifs is 1. The van der Waals surface area contributed by atoms with E-state index < -0.39 is 20.1 Å². The van der Waals surface area contributed by atoms with Gasteiger partial charge < -0.3 is 9.30 Å². The van der Waals surface area contributed by atoms with E-state index in [2.05, 4.69) is 16.9 Å². The molecule has 0 bridgehead atoms. The Labute approximate surface area is 298 Å². The lowest BCUT2D eigenvalue weighted by Crippen LogP contribution is -2.25. The Morgan fingerprint density at radius 2 is 1.22 bits per heavy atom. The third-order valence-electron chi connectivity index (χ3n) is 9.02. The molecule has 50 heavy (non-hydrogen) atoms. The normalized spacial score (nSPS) is 12.4. The van der Waals surface area contributed by atoms with Crippen LogP contribution in [0.2, 0.25) is 0 Å². The SMILES string of the molecule is CCCCCCCCCCCCCCCCS(=O)(=O)NN=c1cc(-c2ccc(Oc3ccc(C)cc3)cc2)n(C)c2ccc(S(=O)(=O)O)cc12. The molecule has 4 rings (SSSR count). The van der Waals surface area contributed by atoms with Crippen LogP contribution in [0.5, 0.6) is 11.5 Å². The number of benzene rings is 3. The summed E-state index contributed by atoms with van der Waals surface area (Å²) in [4.78, 5) is 2.06. The first-order valence-corrected chi connectivity index (χ1v) is 21.1. The van der Waals surface area contributed by atoms with Crippen molar-refractivity contribution in [3.8, 4) is 22.8 Å². The Morgan fingerprint density at radius 3 is 1.76 bits per heavy atom. The van der Waals surface area contributed by atoms with E-state index in [0.29, 0.717) is 28.8 Å². The van der Waals surface area contributed by atoms with Gasteiger partial charge in [-0.3, -0.25) is 4.55 Å². The first-order chi connectivity index (χ1) is 24.0. The van der Waals surface area contributed by atoms with Gasteiger partial charge >= 0.3 is 0 Å². The van der Waals surface area contributed by atoms with E-state index in [1.165, 1.54) is 76.3 Å². The summed E-state index contributed by atoms with van der Waals surface area (Å²) in [6.45, 7) is 4.26. The Bertz CT molecular complexity index is 1950. The van der Waals surface area contributed by atoms with Crippen LogP contribution in [0, 0.1) is 6.92 Å². The molecule has 3 aromatic carbocycles. The highest BCUT2D eigenvalue weighted by molar-refractivity contribution is 7.89. The number of hydrogen-bond donors (Lipinski definition) is 2. The first kappa shape index (κ1) is 39.1. The lowest BCUT2D eigenvalue weighted by molar-refractivity contribution is 0.482. The maximum absolute atomic E-state index is 13.0. The molecular formula is C39H53N3O6S2. The topological polar surface area (TPSA) is 127 Å². The van der Waals surface area contributed by atoms with Crippen molar-refractivity contribution >= 4 is 31.0 Å². The van der Waals surface area contributed by atoms with Crippen LogP contribution in [0.1, 0.15) is 102 Å². The van der Waals surface area contributed by atoms with Gasteiger partial charge in [-0.25, -0.2) is 13.2 Å². The fraction of sp³-hybridized carbons (Fsp3) is 0.462. The van der Waals surface area contributed by atoms with Gasteiger partial charge in [0.15, 0.2) is 0 Å². The van der Waals surface area contributed by atoms with E-state index >= 15 is 0 Å². The fourth-order valence-corrected chi connectivity index (χ4v) is 7.48. The third-order valence-corrected chi connectivity index (χ3v) is 11.1. The molecule has 4 aromatic rings. The van der Waals surface area contributed by atoms with Crippen LogP contribution in [-0.2, 0) is 27.2 Å². The van der Waals surface area contributed by atoms with Gasteiger partial charge in [-0.2, -0.15) is 13.5 Å². The molecule has 0 saturated carbocycles. The van der Waals surface area contributed by atoms with Crippen LogP contribution in [0.15, 0.2) is 82.8 Å². The van der Waals surface area contributed by atoms with Crippen LogP contribution in [0.4, 0.5) is 0 Å². The van der Waals surface area contributed by atoms with Crippen LogP contribution in [-0.4, -0.2) is 31.7 Å². The van der Waals surface area contributed by atoms with E-state index in [-0.39, 0.29) is 16.0 Å². The fourth-order valence-electron chi connectivity index (χ4n) is 6.06. The highest BCUT2D eigenvalue weighted by Crippen LogP contribution is 2.28. The molecule has 0 amide bonds. The number of nitrogens with one attached hydrogen (secondary N) is 1. The second-order valence-corrected chi connectivity index (χ2v) is 16.4. The van der Waals surface area contributed by atoms with Crippen molar-refractivity contribution in [2.75, 3.05) is 5.75 Å². The molecule has 1 aromatic heterocycles. The van der Waals surface area contributed by atoms with Gasteiger partial charge in [0.1, 0.15) is 11.5 Å². The number of aromatic nitrogens is 1. The van der Waals surface area contributed by atoms with Crippen molar-refractivity contribution < 1.29 is 26.1 Å². The molecule has 0 saturated heterocycles. The number of ether oxygens (including phenoxy) is 1. The van der Waals surface area contributed by atoms with Crippen molar-refractivity contribution in [3.63, 3.8) is 0 Å². The molecule has 272 valence electrons. The number of nitrogens with zero attached hydrogens (tertiary/aromatic N) is 2. The number of hydrogen-bond acceptors (Lipinski definition) is 6. The molecular weight excluding hydrogens is 671 g/mol. The Morgan fingerprint density at radius 1 is 0.700 bits per heavy atom. The van der Waals surface area contributed by atoms with Gasteiger partial charge in [0, 0.05) is 12.4 Å². The molecule has 0 unspecified atom stereocenters. The minimum Gasteiger partial charge on any atom is -0.457 e. The lowest BCUT2D eigenvalue weighted by Gasteiger charge is -2.15. The number of unbranched alkanes of at least 4 members (excludes halogenated alkanes) is 13. The van der Waals surface area contributed by atoms with Gasteiger partial charge in [-0.1, -0.05) is 108 Å². The molecule has 0 fully saturated rings. The van der Waals surface area contributed by atoms with Gasteiger partial charge in [0.05, 0.1) is 27.2 Å². The average molecular weight is 724 g/mol. The molecule has 2 N–H and O–H groups in total. The monoisotopic (exact) mass is 723 g/mol. The Kier molecular flexibility index (Phi) is 14.9. The quantitative estimate of drug-likeness (QED) is 0.0501. The van der Waals surface area contributed by atoms with Crippen molar-refractivity contribution in [3.05, 3.63) is 83.7 Å². The van der Waals surface area contributed by atoms with Crippen LogP contribution >= 0.6 is 0 Å². The zero-order valence-electron chi connectivity index (χ0n) is 29.7. The molecule has 0 aliphatic carbocycles. The maximum atomic E-state index is 13.0. The molecule has 0 spiro atoms. The number of pyridine rings is 1. The predicted molar refractivity (Wildman–Crippen MR) is 202 cm³/mol. The number of rotatable bonds is 21. The molecule has 0 aliphatic rings. The second-order valence-electron chi connectivity index (χ2n) is 13.2. The van der Waals surface area contributed by atoms with Crippen molar-refractivity contribution in [2.45, 2.75) is 109 Å². The van der Waals surface area contributed by atoms with Gasteiger partial charge in [0.25, 0.3) is 10.1 Å². The van der Waals surface area contributed by atoms with Crippen molar-refractivity contribution in [1.82, 2.24) is 9.40 Å². The summed E-state index contributed by atoms with van der Waals surface area (Å²) in [7, 11) is -6.41. The maximum Gasteiger partial charge on any atom is 0.294 e. The summed E-state index contributed by atoms with van der Waals surface area (Å²) in [5.74, 6) is 1.32. The summed E-state index contributed by atoms with van der Waals surface area (Å²) < 4.78 is 67.4. The van der Waals surface area contributed by atoms with Crippen molar-refractivity contribution in [2.24, 2.45) is 12.1 Å². The predicted octanol–water partition coefficient (Wildman–Crippen LogP) is 9.41. The van der Waals surface area contributed by atoms with Gasteiger partial charge in [-0.05, 0) is 79.6 Å². The zero-order valence-corrected chi connectivity index (χ0v) is 31.4. The van der Waals surface area contributed by atoms with E-state index in [4.69, 9.17) is 4.74 Å². The molecule has 0 radical (unpaired) electrons. The van der Waals surface area contributed by atoms with Crippen molar-refractivity contribution in [1.29, 1.82) is 0 Å². The molecule has 11 heteroatoms. The average Bonchev–Trinajstić information content (AvgIpc) is 3.09. The third kappa shape index (κ3) is 12.3. The van der Waals surface area contributed by atoms with Crippen LogP contribution < -0.4 is 14.9 Å². The number of sulfonamides is 1. The van der Waals surface area contributed by atoms with Crippen LogP contribution in [0.3, 0.4) is 0 Å². The van der Waals surface area contributed by atoms with E-state index in [0.717, 1.165) is 36.1 Å². The minimum atomic E-state index is -4.50. The summed E-state index contributed by atoms with van der Waals surface area (Å²) in [5.41, 5.74) is 3.26. The van der Waals surface area contributed by atoms with Gasteiger partial charge in [-0.15, -0.1) is 0 Å². The van der Waals surface area contributed by atoms with E-state index in [9.17, 15) is 21.4 Å². The largest absolute Gasteiger partial charge is 0.457 e. The summed E-state index contributed by atoms with van der Waals surface area (Å²) in [5, 5.41) is 4.86. The highest BCUT2D eigenvalue weighted by atomic mass is 32.2. The van der Waals surface area contributed by atoms with Crippen LogP contribution in [0.25, 0.3) is 22.2 Å². The Hall–Kier alpha value is -3.67. The second kappa shape index (κ2) is 19.1. The number of aryl methyl sites for hydroxylation is 2. The highest BCUT2D eigenvalue weighted by Gasteiger charge is 2.15. The van der Waals surface area contributed by atoms with E-state index in [1.54, 1.807) is 12.1 Å². The summed E-state index contributed by atoms with van der Waals surface area (Å²) in [6, 6.07) is 21.1. The molecule has 1 heterocycles. The zero-order chi connectivity index (χ0) is 36.0. The standard InChI is InChI=1S/C39H53N3O6S2/c1-4-5-6-7-8-9-10-11-12-13-14-15-16-17-28-49(43,44)41-40-37-30-39(42(3)38-27-26-35(29-36(37)38)50(45,46)47)32-20-24-34(25-21-32)48-33-22-18-31(2)19-23-33/h18-27,29-30,41H,4-17,28H2,1-3H3,(H,45,46,47). The summed E-state index contributed by atoms with van der Waals surface area (Å²) in [6.07, 6.45) is 16.5.